The number of nitrogens with zero attached hydrogens (tertiary/aromatic N) is 1. The van der Waals surface area contributed by atoms with E-state index in [2.05, 4.69) is 0 Å². The predicted molar refractivity (Wildman–Crippen MR) is 74.5 cm³/mol. The molecule has 3 nitrogen and oxygen atoms in total. The minimum Gasteiger partial charge on any atom is -0.488 e. The van der Waals surface area contributed by atoms with Crippen LogP contribution in [-0.4, -0.2) is 18.8 Å². The summed E-state index contributed by atoms with van der Waals surface area (Å²) in [5.41, 5.74) is -1.36. The molecule has 1 aliphatic rings. The Morgan fingerprint density at radius 2 is 1.91 bits per heavy atom. The van der Waals surface area contributed by atoms with Crippen LogP contribution in [0.2, 0.25) is 0 Å². The minimum absolute atomic E-state index is 0.0938. The van der Waals surface area contributed by atoms with Gasteiger partial charge in [-0.1, -0.05) is 6.42 Å². The fraction of sp³-hybridized carbons (Fsp3) is 0.562. The van der Waals surface area contributed by atoms with Crippen molar-refractivity contribution in [3.05, 3.63) is 29.3 Å². The largest absolute Gasteiger partial charge is 0.488 e. The maximum absolute atomic E-state index is 13.0. The summed E-state index contributed by atoms with van der Waals surface area (Å²) in [6, 6.07) is 5.02. The fourth-order valence-electron chi connectivity index (χ4n) is 2.71. The number of ether oxygens (including phenoxy) is 2. The lowest BCUT2D eigenvalue weighted by Crippen LogP contribution is -2.37. The van der Waals surface area contributed by atoms with E-state index in [1.807, 2.05) is 6.92 Å². The van der Waals surface area contributed by atoms with Gasteiger partial charge in [-0.15, -0.1) is 0 Å². The first-order valence-corrected chi connectivity index (χ1v) is 7.35. The van der Waals surface area contributed by atoms with Crippen molar-refractivity contribution in [2.45, 2.75) is 51.0 Å². The van der Waals surface area contributed by atoms with Crippen molar-refractivity contribution in [1.29, 1.82) is 5.26 Å². The SMILES string of the molecule is CCO[C@@H]1CCCC[C@@H]1Oc1ccc(C#N)c(C(F)(F)F)c1. The van der Waals surface area contributed by atoms with Crippen LogP contribution >= 0.6 is 0 Å². The molecule has 2 rings (SSSR count). The maximum atomic E-state index is 13.0. The van der Waals surface area contributed by atoms with Gasteiger partial charge in [-0.2, -0.15) is 18.4 Å². The molecule has 120 valence electrons. The first-order chi connectivity index (χ1) is 10.5. The number of benzene rings is 1. The molecule has 6 heteroatoms. The summed E-state index contributed by atoms with van der Waals surface area (Å²) in [7, 11) is 0. The maximum Gasteiger partial charge on any atom is 0.417 e. The highest BCUT2D eigenvalue weighted by Gasteiger charge is 2.35. The topological polar surface area (TPSA) is 42.2 Å². The summed E-state index contributed by atoms with van der Waals surface area (Å²) >= 11 is 0. The average molecular weight is 313 g/mol. The van der Waals surface area contributed by atoms with E-state index in [9.17, 15) is 13.2 Å². The Morgan fingerprint density at radius 3 is 2.50 bits per heavy atom. The van der Waals surface area contributed by atoms with Crippen LogP contribution in [0.25, 0.3) is 0 Å². The predicted octanol–water partition coefficient (Wildman–Crippen LogP) is 4.30. The molecule has 22 heavy (non-hydrogen) atoms. The second-order valence-corrected chi connectivity index (χ2v) is 5.25. The number of hydrogen-bond acceptors (Lipinski definition) is 3. The van der Waals surface area contributed by atoms with Gasteiger partial charge >= 0.3 is 6.18 Å². The van der Waals surface area contributed by atoms with Crippen molar-refractivity contribution < 1.29 is 22.6 Å². The quantitative estimate of drug-likeness (QED) is 0.832. The van der Waals surface area contributed by atoms with Gasteiger partial charge in [0.25, 0.3) is 0 Å². The van der Waals surface area contributed by atoms with E-state index in [0.717, 1.165) is 37.8 Å². The molecule has 0 bridgehead atoms. The van der Waals surface area contributed by atoms with Gasteiger partial charge in [0.2, 0.25) is 0 Å². The van der Waals surface area contributed by atoms with Gasteiger partial charge in [0.15, 0.2) is 0 Å². The van der Waals surface area contributed by atoms with Gasteiger partial charge in [-0.25, -0.2) is 0 Å². The summed E-state index contributed by atoms with van der Waals surface area (Å²) in [6.45, 7) is 2.43. The molecule has 0 radical (unpaired) electrons. The number of rotatable bonds is 4. The number of alkyl halides is 3. The van der Waals surface area contributed by atoms with E-state index in [-0.39, 0.29) is 18.0 Å². The lowest BCUT2D eigenvalue weighted by atomic mass is 9.94. The second-order valence-electron chi connectivity index (χ2n) is 5.25. The normalized spacial score (nSPS) is 22.1. The number of nitriles is 1. The summed E-state index contributed by atoms with van der Waals surface area (Å²) in [5, 5.41) is 8.80. The highest BCUT2D eigenvalue weighted by Crippen LogP contribution is 2.35. The molecule has 1 aliphatic carbocycles. The first-order valence-electron chi connectivity index (χ1n) is 7.35. The van der Waals surface area contributed by atoms with Gasteiger partial charge in [0, 0.05) is 6.61 Å². The molecule has 0 amide bonds. The molecular weight excluding hydrogens is 295 g/mol. The molecule has 1 fully saturated rings. The Kier molecular flexibility index (Phi) is 5.30. The van der Waals surface area contributed by atoms with Gasteiger partial charge in [-0.05, 0) is 44.4 Å². The van der Waals surface area contributed by atoms with Crippen molar-refractivity contribution in [3.8, 4) is 11.8 Å². The molecule has 0 aromatic heterocycles. The van der Waals surface area contributed by atoms with Crippen molar-refractivity contribution in [2.24, 2.45) is 0 Å². The molecule has 0 N–H and O–H groups in total. The fourth-order valence-corrected chi connectivity index (χ4v) is 2.71. The van der Waals surface area contributed by atoms with Crippen LogP contribution in [0.1, 0.15) is 43.7 Å². The third kappa shape index (κ3) is 3.92. The zero-order valence-corrected chi connectivity index (χ0v) is 12.3. The van der Waals surface area contributed by atoms with Gasteiger partial charge in [0.1, 0.15) is 11.9 Å². The van der Waals surface area contributed by atoms with E-state index < -0.39 is 17.3 Å². The summed E-state index contributed by atoms with van der Waals surface area (Å²) in [4.78, 5) is 0. The number of halogens is 3. The highest BCUT2D eigenvalue weighted by atomic mass is 19.4. The van der Waals surface area contributed by atoms with Crippen LogP contribution in [0.15, 0.2) is 18.2 Å². The van der Waals surface area contributed by atoms with E-state index >= 15 is 0 Å². The Hall–Kier alpha value is -1.74. The standard InChI is InChI=1S/C16H18F3NO2/c1-2-21-14-5-3-4-6-15(14)22-12-8-7-11(10-20)13(9-12)16(17,18)19/h7-9,14-15H,2-6H2,1H3/t14-,15+/m1/s1. The van der Waals surface area contributed by atoms with Crippen LogP contribution in [0.4, 0.5) is 13.2 Å². The Morgan fingerprint density at radius 1 is 1.23 bits per heavy atom. The second kappa shape index (κ2) is 7.01. The molecule has 0 spiro atoms. The molecule has 1 aromatic carbocycles. The number of hydrogen-bond donors (Lipinski definition) is 0. The van der Waals surface area contributed by atoms with Gasteiger partial charge in [-0.3, -0.25) is 0 Å². The van der Waals surface area contributed by atoms with Crippen molar-refractivity contribution in [2.75, 3.05) is 6.61 Å². The minimum atomic E-state index is -4.57. The monoisotopic (exact) mass is 313 g/mol. The van der Waals surface area contributed by atoms with Crippen LogP contribution < -0.4 is 4.74 Å². The molecule has 0 unspecified atom stereocenters. The third-order valence-electron chi connectivity index (χ3n) is 3.73. The lowest BCUT2D eigenvalue weighted by molar-refractivity contribution is -0.138. The van der Waals surface area contributed by atoms with E-state index in [1.54, 1.807) is 6.07 Å². The zero-order valence-electron chi connectivity index (χ0n) is 12.3. The summed E-state index contributed by atoms with van der Waals surface area (Å²) < 4.78 is 50.2. The zero-order chi connectivity index (χ0) is 16.2. The molecule has 0 heterocycles. The summed E-state index contributed by atoms with van der Waals surface area (Å²) in [5.74, 6) is 0.128. The molecular formula is C16H18F3NO2. The van der Waals surface area contributed by atoms with E-state index in [1.165, 1.54) is 6.07 Å². The lowest BCUT2D eigenvalue weighted by Gasteiger charge is -2.31. The van der Waals surface area contributed by atoms with Gasteiger partial charge in [0.05, 0.1) is 23.3 Å². The molecule has 1 saturated carbocycles. The van der Waals surface area contributed by atoms with Gasteiger partial charge < -0.3 is 9.47 Å². The average Bonchev–Trinajstić information content (AvgIpc) is 2.48. The van der Waals surface area contributed by atoms with Crippen LogP contribution in [-0.2, 0) is 10.9 Å². The highest BCUT2D eigenvalue weighted by molar-refractivity contribution is 5.44. The Labute approximate surface area is 127 Å². The molecule has 1 aromatic rings. The van der Waals surface area contributed by atoms with Crippen LogP contribution in [0.5, 0.6) is 5.75 Å². The van der Waals surface area contributed by atoms with Crippen molar-refractivity contribution >= 4 is 0 Å². The Balaban J connectivity index is 2.20. The van der Waals surface area contributed by atoms with Crippen molar-refractivity contribution in [1.82, 2.24) is 0 Å². The van der Waals surface area contributed by atoms with Crippen molar-refractivity contribution in [3.63, 3.8) is 0 Å². The first kappa shape index (κ1) is 16.6. The Bertz CT molecular complexity index is 549. The smallest absolute Gasteiger partial charge is 0.417 e. The summed E-state index contributed by atoms with van der Waals surface area (Å²) in [6.07, 6.45) is -1.31. The van der Waals surface area contributed by atoms with Crippen LogP contribution in [0.3, 0.4) is 0 Å². The molecule has 0 aliphatic heterocycles. The molecule has 2 atom stereocenters. The van der Waals surface area contributed by atoms with Crippen LogP contribution in [0, 0.1) is 11.3 Å². The van der Waals surface area contributed by atoms with E-state index in [4.69, 9.17) is 14.7 Å². The van der Waals surface area contributed by atoms with E-state index in [0.29, 0.717) is 6.61 Å². The molecule has 0 saturated heterocycles. The third-order valence-corrected chi connectivity index (χ3v) is 3.73.